The lowest BCUT2D eigenvalue weighted by atomic mass is 10.1. The number of hydrogen-bond donors (Lipinski definition) is 1. The molecule has 2 amide bonds. The van der Waals surface area contributed by atoms with E-state index in [1.54, 1.807) is 4.90 Å². The number of unbranched alkanes of at least 4 members (excludes halogenated alkanes) is 1. The monoisotopic (exact) mass is 223 g/mol. The van der Waals surface area contributed by atoms with Crippen molar-refractivity contribution in [2.75, 3.05) is 19.6 Å². The third-order valence-electron chi connectivity index (χ3n) is 2.71. The van der Waals surface area contributed by atoms with Crippen molar-refractivity contribution in [1.29, 1.82) is 5.26 Å². The van der Waals surface area contributed by atoms with Gasteiger partial charge in [-0.05, 0) is 6.42 Å². The summed E-state index contributed by atoms with van der Waals surface area (Å²) >= 11 is 0. The minimum atomic E-state index is -0.280. The number of likely N-dealkylation sites (tertiary alicyclic amines) is 1. The van der Waals surface area contributed by atoms with Crippen LogP contribution in [-0.4, -0.2) is 36.3 Å². The molecule has 0 aromatic carbocycles. The zero-order valence-corrected chi connectivity index (χ0v) is 9.53. The number of nitrogens with one attached hydrogen (secondary N) is 1. The van der Waals surface area contributed by atoms with Crippen LogP contribution < -0.4 is 5.32 Å². The Labute approximate surface area is 95.4 Å². The molecule has 0 bridgehead atoms. The fourth-order valence-electron chi connectivity index (χ4n) is 1.78. The van der Waals surface area contributed by atoms with Crippen molar-refractivity contribution >= 4 is 11.8 Å². The largest absolute Gasteiger partial charge is 0.343 e. The van der Waals surface area contributed by atoms with E-state index in [9.17, 15) is 9.59 Å². The Bertz CT molecular complexity index is 309. The Morgan fingerprint density at radius 3 is 3.06 bits per heavy atom. The number of rotatable bonds is 5. The Balaban J connectivity index is 2.40. The molecule has 1 fully saturated rings. The van der Waals surface area contributed by atoms with Gasteiger partial charge in [0.05, 0.1) is 12.0 Å². The third kappa shape index (κ3) is 3.23. The predicted octanol–water partition coefficient (Wildman–Crippen LogP) is 0.275. The van der Waals surface area contributed by atoms with Gasteiger partial charge in [-0.25, -0.2) is 0 Å². The highest BCUT2D eigenvalue weighted by Crippen LogP contribution is 2.18. The van der Waals surface area contributed by atoms with Crippen LogP contribution in [0.1, 0.15) is 26.2 Å². The molecule has 1 aliphatic rings. The summed E-state index contributed by atoms with van der Waals surface area (Å²) in [4.78, 5) is 24.8. The number of carbonyl (C=O) groups excluding carboxylic acids is 2. The summed E-state index contributed by atoms with van der Waals surface area (Å²) in [6, 6.07) is 1.85. The Hall–Kier alpha value is -1.57. The van der Waals surface area contributed by atoms with Crippen LogP contribution in [0.4, 0.5) is 0 Å². The van der Waals surface area contributed by atoms with Gasteiger partial charge in [-0.1, -0.05) is 13.3 Å². The minimum absolute atomic E-state index is 0.0124. The van der Waals surface area contributed by atoms with Crippen molar-refractivity contribution in [2.45, 2.75) is 26.2 Å². The summed E-state index contributed by atoms with van der Waals surface area (Å²) in [6.07, 6.45) is 2.29. The Morgan fingerprint density at radius 2 is 2.44 bits per heavy atom. The van der Waals surface area contributed by atoms with Gasteiger partial charge in [0.1, 0.15) is 6.54 Å². The van der Waals surface area contributed by atoms with E-state index >= 15 is 0 Å². The van der Waals surface area contributed by atoms with Crippen LogP contribution in [0.15, 0.2) is 0 Å². The van der Waals surface area contributed by atoms with Crippen LogP contribution in [0.3, 0.4) is 0 Å². The molecule has 1 N–H and O–H groups in total. The molecule has 16 heavy (non-hydrogen) atoms. The summed E-state index contributed by atoms with van der Waals surface area (Å²) in [5.41, 5.74) is 0. The molecule has 1 heterocycles. The van der Waals surface area contributed by atoms with E-state index in [0.717, 1.165) is 19.4 Å². The van der Waals surface area contributed by atoms with Crippen LogP contribution >= 0.6 is 0 Å². The lowest BCUT2D eigenvalue weighted by Gasteiger charge is -2.15. The molecule has 0 aromatic rings. The van der Waals surface area contributed by atoms with E-state index in [0.29, 0.717) is 6.54 Å². The smallest absolute Gasteiger partial charge is 0.226 e. The van der Waals surface area contributed by atoms with Crippen molar-refractivity contribution in [3.63, 3.8) is 0 Å². The summed E-state index contributed by atoms with van der Waals surface area (Å²) in [5.74, 6) is -0.419. The maximum absolute atomic E-state index is 11.5. The first-order valence-electron chi connectivity index (χ1n) is 5.61. The third-order valence-corrected chi connectivity index (χ3v) is 2.71. The molecule has 0 spiro atoms. The zero-order valence-electron chi connectivity index (χ0n) is 9.53. The van der Waals surface area contributed by atoms with Crippen LogP contribution in [0, 0.1) is 17.2 Å². The lowest BCUT2D eigenvalue weighted by Crippen LogP contribution is -2.33. The topological polar surface area (TPSA) is 73.2 Å². The average Bonchev–Trinajstić information content (AvgIpc) is 2.65. The first-order valence-corrected chi connectivity index (χ1v) is 5.61. The van der Waals surface area contributed by atoms with Crippen LogP contribution in [0.5, 0.6) is 0 Å². The van der Waals surface area contributed by atoms with E-state index in [2.05, 4.69) is 12.2 Å². The van der Waals surface area contributed by atoms with Crippen LogP contribution in [0.2, 0.25) is 0 Å². The summed E-state index contributed by atoms with van der Waals surface area (Å²) in [5, 5.41) is 10.8. The molecule has 1 atom stereocenters. The molecule has 88 valence electrons. The molecule has 1 aliphatic heterocycles. The molecular weight excluding hydrogens is 206 g/mol. The highest BCUT2D eigenvalue weighted by atomic mass is 16.2. The van der Waals surface area contributed by atoms with Crippen molar-refractivity contribution in [3.8, 4) is 6.07 Å². The number of nitriles is 1. The highest BCUT2D eigenvalue weighted by Gasteiger charge is 2.33. The van der Waals surface area contributed by atoms with E-state index in [1.165, 1.54) is 0 Å². The van der Waals surface area contributed by atoms with Crippen LogP contribution in [-0.2, 0) is 9.59 Å². The van der Waals surface area contributed by atoms with Gasteiger partial charge in [0, 0.05) is 19.5 Å². The SMILES string of the molecule is CCCCN1CC(C(=O)NCC#N)CC1=O. The second-order valence-corrected chi connectivity index (χ2v) is 3.97. The van der Waals surface area contributed by atoms with E-state index in [1.807, 2.05) is 6.07 Å². The molecule has 0 aliphatic carbocycles. The van der Waals surface area contributed by atoms with Gasteiger partial charge >= 0.3 is 0 Å². The van der Waals surface area contributed by atoms with Gasteiger partial charge in [0.15, 0.2) is 0 Å². The first-order chi connectivity index (χ1) is 7.69. The van der Waals surface area contributed by atoms with E-state index in [4.69, 9.17) is 5.26 Å². The van der Waals surface area contributed by atoms with Gasteiger partial charge in [-0.15, -0.1) is 0 Å². The predicted molar refractivity (Wildman–Crippen MR) is 58.2 cm³/mol. The second kappa shape index (κ2) is 6.11. The average molecular weight is 223 g/mol. The fraction of sp³-hybridized carbons (Fsp3) is 0.727. The van der Waals surface area contributed by atoms with Gasteiger partial charge in [-0.2, -0.15) is 5.26 Å². The number of hydrogen-bond acceptors (Lipinski definition) is 3. The van der Waals surface area contributed by atoms with Gasteiger partial charge in [0.2, 0.25) is 11.8 Å². The van der Waals surface area contributed by atoms with Crippen LogP contribution in [0.25, 0.3) is 0 Å². The summed E-state index contributed by atoms with van der Waals surface area (Å²) < 4.78 is 0. The molecule has 5 nitrogen and oxygen atoms in total. The summed E-state index contributed by atoms with van der Waals surface area (Å²) in [6.45, 7) is 3.31. The quantitative estimate of drug-likeness (QED) is 0.680. The molecule has 0 aromatic heterocycles. The van der Waals surface area contributed by atoms with Crippen molar-refractivity contribution < 1.29 is 9.59 Å². The van der Waals surface area contributed by atoms with Crippen molar-refractivity contribution in [1.82, 2.24) is 10.2 Å². The fourth-order valence-corrected chi connectivity index (χ4v) is 1.78. The van der Waals surface area contributed by atoms with Gasteiger partial charge in [-0.3, -0.25) is 9.59 Å². The highest BCUT2D eigenvalue weighted by molar-refractivity contribution is 5.89. The van der Waals surface area contributed by atoms with Gasteiger partial charge < -0.3 is 10.2 Å². The maximum atomic E-state index is 11.5. The molecule has 1 unspecified atom stereocenters. The second-order valence-electron chi connectivity index (χ2n) is 3.97. The zero-order chi connectivity index (χ0) is 12.0. The standard InChI is InChI=1S/C11H17N3O2/c1-2-3-6-14-8-9(7-10(14)15)11(16)13-5-4-12/h9H,2-3,5-8H2,1H3,(H,13,16). The molecular formula is C11H17N3O2. The van der Waals surface area contributed by atoms with E-state index in [-0.39, 0.29) is 30.7 Å². The minimum Gasteiger partial charge on any atom is -0.343 e. The Kier molecular flexibility index (Phi) is 4.77. The lowest BCUT2D eigenvalue weighted by molar-refractivity contribution is -0.129. The van der Waals surface area contributed by atoms with E-state index < -0.39 is 0 Å². The maximum Gasteiger partial charge on any atom is 0.226 e. The molecule has 0 radical (unpaired) electrons. The number of nitrogens with zero attached hydrogens (tertiary/aromatic N) is 2. The molecule has 0 saturated carbocycles. The normalized spacial score (nSPS) is 19.6. The molecule has 5 heteroatoms. The van der Waals surface area contributed by atoms with Crippen molar-refractivity contribution in [3.05, 3.63) is 0 Å². The molecule has 1 rings (SSSR count). The van der Waals surface area contributed by atoms with Gasteiger partial charge in [0.25, 0.3) is 0 Å². The Morgan fingerprint density at radius 1 is 1.69 bits per heavy atom. The number of carbonyl (C=O) groups is 2. The van der Waals surface area contributed by atoms with Crippen molar-refractivity contribution in [2.24, 2.45) is 5.92 Å². The number of amides is 2. The molecule has 1 saturated heterocycles. The summed E-state index contributed by atoms with van der Waals surface area (Å²) in [7, 11) is 0. The first kappa shape index (κ1) is 12.5.